The Balaban J connectivity index is 2.34. The van der Waals surface area contributed by atoms with E-state index in [1.807, 2.05) is 0 Å². The molecule has 2 aromatic rings. The fraction of sp³-hybridized carbons (Fsp3) is 0.417. The first kappa shape index (κ1) is 28.0. The molecule has 4 amide bonds. The topological polar surface area (TPSA) is 153 Å². The van der Waals surface area contributed by atoms with Crippen LogP contribution in [-0.4, -0.2) is 70.8 Å². The van der Waals surface area contributed by atoms with Gasteiger partial charge in [-0.2, -0.15) is 10.0 Å². The van der Waals surface area contributed by atoms with Crippen molar-refractivity contribution in [2.75, 3.05) is 31.4 Å². The molecule has 0 saturated heterocycles. The first-order valence-electron chi connectivity index (χ1n) is 12.1. The van der Waals surface area contributed by atoms with Gasteiger partial charge in [-0.15, -0.1) is 0 Å². The zero-order valence-corrected chi connectivity index (χ0v) is 21.5. The zero-order valence-electron chi connectivity index (χ0n) is 21.5. The van der Waals surface area contributed by atoms with Crippen molar-refractivity contribution < 1.29 is 38.1 Å². The van der Waals surface area contributed by atoms with Crippen LogP contribution in [0.1, 0.15) is 51.2 Å². The van der Waals surface area contributed by atoms with Gasteiger partial charge >= 0.3 is 24.4 Å². The quantitative estimate of drug-likeness (QED) is 0.432. The molecule has 2 aromatic heterocycles. The molecule has 0 spiro atoms. The number of amides is 4. The van der Waals surface area contributed by atoms with E-state index in [9.17, 15) is 19.2 Å². The Morgan fingerprint density at radius 3 is 2.13 bits per heavy atom. The molecule has 0 bridgehead atoms. The van der Waals surface area contributed by atoms with Gasteiger partial charge in [-0.25, -0.2) is 29.6 Å². The molecule has 204 valence electrons. The SMILES string of the molecule is CCOC(=O)NN(C(=O)OCC)C1c2ncccc2N(C(=O)OCC)N(C(=O)OCC)C1c1ccccn1. The van der Waals surface area contributed by atoms with Crippen molar-refractivity contribution in [1.82, 2.24) is 25.4 Å². The zero-order chi connectivity index (χ0) is 27.7. The molecule has 3 rings (SSSR count). The molecule has 1 N–H and O–H groups in total. The van der Waals surface area contributed by atoms with Gasteiger partial charge < -0.3 is 18.9 Å². The molecule has 0 aliphatic carbocycles. The van der Waals surface area contributed by atoms with Crippen LogP contribution in [0.15, 0.2) is 42.7 Å². The molecular formula is C24H30N6O8. The highest BCUT2D eigenvalue weighted by Crippen LogP contribution is 2.47. The number of rotatable bonds is 6. The summed E-state index contributed by atoms with van der Waals surface area (Å²) in [7, 11) is 0. The lowest BCUT2D eigenvalue weighted by molar-refractivity contribution is 0.00630. The van der Waals surface area contributed by atoms with Crippen molar-refractivity contribution in [3.63, 3.8) is 0 Å². The molecule has 38 heavy (non-hydrogen) atoms. The monoisotopic (exact) mass is 530 g/mol. The van der Waals surface area contributed by atoms with Gasteiger partial charge in [0.25, 0.3) is 0 Å². The van der Waals surface area contributed by atoms with Crippen LogP contribution >= 0.6 is 0 Å². The number of carbonyl (C=O) groups is 4. The number of hydrogen-bond donors (Lipinski definition) is 1. The van der Waals surface area contributed by atoms with Crippen LogP contribution < -0.4 is 10.4 Å². The van der Waals surface area contributed by atoms with Crippen LogP contribution in [0.4, 0.5) is 24.9 Å². The number of carbonyl (C=O) groups excluding carboxylic acids is 4. The molecule has 1 aliphatic heterocycles. The van der Waals surface area contributed by atoms with Crippen LogP contribution in [0.5, 0.6) is 0 Å². The number of nitrogens with zero attached hydrogens (tertiary/aromatic N) is 5. The number of nitrogens with one attached hydrogen (secondary N) is 1. The Hall–Kier alpha value is -4.62. The Bertz CT molecular complexity index is 1130. The van der Waals surface area contributed by atoms with Gasteiger partial charge in [0.1, 0.15) is 12.1 Å². The molecule has 0 fully saturated rings. The van der Waals surface area contributed by atoms with Crippen molar-refractivity contribution in [3.8, 4) is 0 Å². The Morgan fingerprint density at radius 1 is 0.842 bits per heavy atom. The molecule has 0 radical (unpaired) electrons. The summed E-state index contributed by atoms with van der Waals surface area (Å²) in [6, 6.07) is 5.48. The van der Waals surface area contributed by atoms with E-state index in [4.69, 9.17) is 18.9 Å². The van der Waals surface area contributed by atoms with E-state index in [0.29, 0.717) is 0 Å². The highest BCUT2D eigenvalue weighted by Gasteiger charge is 2.52. The predicted octanol–water partition coefficient (Wildman–Crippen LogP) is 3.73. The molecule has 14 nitrogen and oxygen atoms in total. The second-order valence-electron chi connectivity index (χ2n) is 7.51. The summed E-state index contributed by atoms with van der Waals surface area (Å²) < 4.78 is 20.8. The minimum Gasteiger partial charge on any atom is -0.449 e. The normalized spacial score (nSPS) is 16.1. The van der Waals surface area contributed by atoms with Crippen LogP contribution in [0.2, 0.25) is 0 Å². The largest absolute Gasteiger partial charge is 0.449 e. The lowest BCUT2D eigenvalue weighted by Gasteiger charge is -2.47. The number of hydrogen-bond acceptors (Lipinski definition) is 10. The minimum absolute atomic E-state index is 0.0125. The maximum absolute atomic E-state index is 13.5. The third kappa shape index (κ3) is 5.85. The Labute approximate surface area is 219 Å². The standard InChI is InChI=1S/C24H30N6O8/c1-5-35-21(31)27-28(22(32)36-6-2)20-18-17(13-11-15-26-18)29(23(33)37-7-3)30(24(34)38-8-4)19(20)16-12-9-10-14-25-16/h9-15,19-20H,5-8H2,1-4H3,(H,27,31). The first-order valence-corrected chi connectivity index (χ1v) is 12.1. The van der Waals surface area contributed by atoms with Crippen molar-refractivity contribution in [2.24, 2.45) is 0 Å². The molecule has 14 heteroatoms. The first-order chi connectivity index (χ1) is 18.4. The van der Waals surface area contributed by atoms with Gasteiger partial charge in [0.05, 0.1) is 43.5 Å². The van der Waals surface area contributed by atoms with Crippen molar-refractivity contribution in [1.29, 1.82) is 0 Å². The molecule has 3 heterocycles. The average molecular weight is 531 g/mol. The van der Waals surface area contributed by atoms with Crippen LogP contribution in [0, 0.1) is 0 Å². The maximum Gasteiger partial charge on any atom is 0.433 e. The number of hydrazine groups is 2. The fourth-order valence-corrected chi connectivity index (χ4v) is 3.88. The summed E-state index contributed by atoms with van der Waals surface area (Å²) >= 11 is 0. The Morgan fingerprint density at radius 2 is 1.50 bits per heavy atom. The second kappa shape index (κ2) is 13.1. The second-order valence-corrected chi connectivity index (χ2v) is 7.51. The van der Waals surface area contributed by atoms with Crippen molar-refractivity contribution in [2.45, 2.75) is 39.8 Å². The van der Waals surface area contributed by atoms with E-state index in [2.05, 4.69) is 15.4 Å². The van der Waals surface area contributed by atoms with Crippen molar-refractivity contribution in [3.05, 3.63) is 54.1 Å². The highest BCUT2D eigenvalue weighted by molar-refractivity contribution is 5.92. The lowest BCUT2D eigenvalue weighted by Crippen LogP contribution is -2.61. The number of pyridine rings is 2. The van der Waals surface area contributed by atoms with Gasteiger partial charge in [0.15, 0.2) is 0 Å². The number of anilines is 1. The van der Waals surface area contributed by atoms with Gasteiger partial charge in [-0.05, 0) is 52.0 Å². The molecule has 0 saturated carbocycles. The van der Waals surface area contributed by atoms with Crippen LogP contribution in [0.3, 0.4) is 0 Å². The molecule has 1 aliphatic rings. The fourth-order valence-electron chi connectivity index (χ4n) is 3.88. The predicted molar refractivity (Wildman–Crippen MR) is 131 cm³/mol. The van der Waals surface area contributed by atoms with Gasteiger partial charge in [0, 0.05) is 12.4 Å². The molecule has 2 unspecified atom stereocenters. The highest BCUT2D eigenvalue weighted by atomic mass is 16.6. The number of ether oxygens (including phenoxy) is 4. The molecular weight excluding hydrogens is 500 g/mol. The van der Waals surface area contributed by atoms with E-state index in [1.165, 1.54) is 18.5 Å². The summed E-state index contributed by atoms with van der Waals surface area (Å²) in [5.74, 6) is 0. The summed E-state index contributed by atoms with van der Waals surface area (Å²) in [4.78, 5) is 61.3. The third-order valence-corrected chi connectivity index (χ3v) is 5.22. The molecule has 0 aromatic carbocycles. The molecule has 2 atom stereocenters. The van der Waals surface area contributed by atoms with Crippen LogP contribution in [-0.2, 0) is 18.9 Å². The lowest BCUT2D eigenvalue weighted by atomic mass is 9.95. The van der Waals surface area contributed by atoms with Gasteiger partial charge in [0.2, 0.25) is 0 Å². The van der Waals surface area contributed by atoms with E-state index in [0.717, 1.165) is 15.0 Å². The smallest absolute Gasteiger partial charge is 0.433 e. The Kier molecular flexibility index (Phi) is 9.62. The summed E-state index contributed by atoms with van der Waals surface area (Å²) in [6.07, 6.45) is -0.819. The van der Waals surface area contributed by atoms with E-state index < -0.39 is 36.5 Å². The van der Waals surface area contributed by atoms with E-state index in [1.54, 1.807) is 52.0 Å². The van der Waals surface area contributed by atoms with Crippen LogP contribution in [0.25, 0.3) is 0 Å². The summed E-state index contributed by atoms with van der Waals surface area (Å²) in [5.41, 5.74) is 2.88. The van der Waals surface area contributed by atoms with E-state index >= 15 is 0 Å². The minimum atomic E-state index is -1.25. The van der Waals surface area contributed by atoms with E-state index in [-0.39, 0.29) is 43.5 Å². The van der Waals surface area contributed by atoms with Gasteiger partial charge in [-0.3, -0.25) is 9.97 Å². The maximum atomic E-state index is 13.5. The number of fused-ring (bicyclic) bond motifs is 1. The third-order valence-electron chi connectivity index (χ3n) is 5.22. The number of aromatic nitrogens is 2. The summed E-state index contributed by atoms with van der Waals surface area (Å²) in [5, 5.41) is 2.83. The summed E-state index contributed by atoms with van der Waals surface area (Å²) in [6.45, 7) is 6.41. The van der Waals surface area contributed by atoms with Gasteiger partial charge in [-0.1, -0.05) is 6.07 Å². The van der Waals surface area contributed by atoms with Crippen molar-refractivity contribution >= 4 is 30.1 Å². The average Bonchev–Trinajstić information content (AvgIpc) is 2.91.